The summed E-state index contributed by atoms with van der Waals surface area (Å²) in [5.74, 6) is 0. The van der Waals surface area contributed by atoms with Gasteiger partial charge in [0.05, 0.1) is 5.60 Å². The molecule has 0 spiro atoms. The molecule has 5 nitrogen and oxygen atoms in total. The third kappa shape index (κ3) is 9.09. The first kappa shape index (κ1) is 16.4. The fourth-order valence-corrected chi connectivity index (χ4v) is 1.56. The molecular formula is C12H26N2O3. The standard InChI is InChI=1S/C7H16N2O.C5H10O2/c8-4-1-7(10)2-5-9-6-3-7;1-5(2,3)7-4-6/h9-10H,1-6,8H2;4H,1-3H3. The molecule has 0 unspecified atom stereocenters. The molecule has 1 heterocycles. The summed E-state index contributed by atoms with van der Waals surface area (Å²) in [5, 5.41) is 12.9. The number of piperidine rings is 1. The lowest BCUT2D eigenvalue weighted by Crippen LogP contribution is -2.43. The Morgan fingerprint density at radius 2 is 1.94 bits per heavy atom. The minimum atomic E-state index is -0.458. The molecule has 5 heteroatoms. The Morgan fingerprint density at radius 3 is 2.24 bits per heavy atom. The van der Waals surface area contributed by atoms with Gasteiger partial charge in [0.15, 0.2) is 0 Å². The zero-order valence-corrected chi connectivity index (χ0v) is 11.2. The number of carbonyl (C=O) groups is 1. The van der Waals surface area contributed by atoms with E-state index in [1.54, 1.807) is 0 Å². The van der Waals surface area contributed by atoms with E-state index < -0.39 is 5.60 Å². The maximum atomic E-state index is 9.75. The first-order valence-electron chi connectivity index (χ1n) is 6.08. The van der Waals surface area contributed by atoms with Gasteiger partial charge in [0.1, 0.15) is 5.60 Å². The smallest absolute Gasteiger partial charge is 0.293 e. The second-order valence-corrected chi connectivity index (χ2v) is 5.34. The summed E-state index contributed by atoms with van der Waals surface area (Å²) in [6.07, 6.45) is 2.45. The van der Waals surface area contributed by atoms with Crippen LogP contribution in [-0.2, 0) is 9.53 Å². The molecular weight excluding hydrogens is 220 g/mol. The average Bonchev–Trinajstić information content (AvgIpc) is 2.17. The second-order valence-electron chi connectivity index (χ2n) is 5.34. The van der Waals surface area contributed by atoms with E-state index in [0.717, 1.165) is 32.4 Å². The highest BCUT2D eigenvalue weighted by Gasteiger charge is 2.27. The van der Waals surface area contributed by atoms with E-state index in [0.29, 0.717) is 13.0 Å². The number of nitrogens with two attached hydrogens (primary N) is 1. The van der Waals surface area contributed by atoms with Crippen LogP contribution in [0, 0.1) is 0 Å². The number of hydrogen-bond acceptors (Lipinski definition) is 5. The third-order valence-electron chi connectivity index (χ3n) is 2.55. The average molecular weight is 246 g/mol. The molecule has 1 rings (SSSR count). The number of aliphatic hydroxyl groups is 1. The molecule has 1 fully saturated rings. The number of hydrogen-bond donors (Lipinski definition) is 3. The van der Waals surface area contributed by atoms with Crippen LogP contribution in [0.15, 0.2) is 0 Å². The van der Waals surface area contributed by atoms with Crippen molar-refractivity contribution in [2.45, 2.75) is 51.2 Å². The van der Waals surface area contributed by atoms with Gasteiger partial charge in [-0.3, -0.25) is 4.79 Å². The molecule has 0 aromatic heterocycles. The number of ether oxygens (including phenoxy) is 1. The Kier molecular flexibility index (Phi) is 7.34. The highest BCUT2D eigenvalue weighted by atomic mass is 16.5. The Bertz CT molecular complexity index is 203. The van der Waals surface area contributed by atoms with Crippen LogP contribution < -0.4 is 11.1 Å². The Morgan fingerprint density at radius 1 is 1.41 bits per heavy atom. The number of nitrogens with one attached hydrogen (secondary N) is 1. The van der Waals surface area contributed by atoms with Gasteiger partial charge in [-0.15, -0.1) is 0 Å². The van der Waals surface area contributed by atoms with Crippen LogP contribution in [0.3, 0.4) is 0 Å². The lowest BCUT2D eigenvalue weighted by atomic mass is 9.89. The van der Waals surface area contributed by atoms with Crippen molar-refractivity contribution in [3.05, 3.63) is 0 Å². The molecule has 1 aliphatic heterocycles. The van der Waals surface area contributed by atoms with Crippen LogP contribution in [0.5, 0.6) is 0 Å². The van der Waals surface area contributed by atoms with Gasteiger partial charge in [0, 0.05) is 0 Å². The minimum absolute atomic E-state index is 0.318. The molecule has 0 amide bonds. The number of rotatable bonds is 3. The van der Waals surface area contributed by atoms with Gasteiger partial charge < -0.3 is 20.9 Å². The van der Waals surface area contributed by atoms with E-state index in [1.165, 1.54) is 0 Å². The van der Waals surface area contributed by atoms with Crippen molar-refractivity contribution < 1.29 is 14.6 Å². The maximum Gasteiger partial charge on any atom is 0.293 e. The van der Waals surface area contributed by atoms with E-state index in [2.05, 4.69) is 10.1 Å². The van der Waals surface area contributed by atoms with Crippen molar-refractivity contribution in [3.63, 3.8) is 0 Å². The summed E-state index contributed by atoms with van der Waals surface area (Å²) in [4.78, 5) is 9.60. The minimum Gasteiger partial charge on any atom is -0.462 e. The third-order valence-corrected chi connectivity index (χ3v) is 2.55. The van der Waals surface area contributed by atoms with Crippen molar-refractivity contribution in [2.75, 3.05) is 19.6 Å². The van der Waals surface area contributed by atoms with E-state index in [4.69, 9.17) is 5.73 Å². The monoisotopic (exact) mass is 246 g/mol. The molecule has 1 aliphatic rings. The van der Waals surface area contributed by atoms with Crippen molar-refractivity contribution in [1.29, 1.82) is 0 Å². The van der Waals surface area contributed by atoms with Crippen LogP contribution in [-0.4, -0.2) is 42.4 Å². The lowest BCUT2D eigenvalue weighted by Gasteiger charge is -2.32. The van der Waals surface area contributed by atoms with Crippen molar-refractivity contribution in [3.8, 4) is 0 Å². The van der Waals surface area contributed by atoms with Gasteiger partial charge >= 0.3 is 0 Å². The Hall–Kier alpha value is -0.650. The van der Waals surface area contributed by atoms with Gasteiger partial charge in [-0.05, 0) is 59.7 Å². The lowest BCUT2D eigenvalue weighted by molar-refractivity contribution is -0.138. The molecule has 0 radical (unpaired) electrons. The van der Waals surface area contributed by atoms with Gasteiger partial charge in [0.2, 0.25) is 0 Å². The van der Waals surface area contributed by atoms with Crippen LogP contribution in [0.4, 0.5) is 0 Å². The van der Waals surface area contributed by atoms with Gasteiger partial charge in [0.25, 0.3) is 6.47 Å². The summed E-state index contributed by atoms with van der Waals surface area (Å²) < 4.78 is 4.55. The highest BCUT2D eigenvalue weighted by molar-refractivity contribution is 5.37. The van der Waals surface area contributed by atoms with Gasteiger partial charge in [-0.1, -0.05) is 0 Å². The quantitative estimate of drug-likeness (QED) is 0.628. The van der Waals surface area contributed by atoms with E-state index >= 15 is 0 Å². The maximum absolute atomic E-state index is 9.75. The summed E-state index contributed by atoms with van der Waals surface area (Å²) in [5.41, 5.74) is 4.59. The second kappa shape index (κ2) is 7.63. The predicted octanol–water partition coefficient (Wildman–Crippen LogP) is 0.408. The normalized spacial score (nSPS) is 18.9. The van der Waals surface area contributed by atoms with E-state index in [1.807, 2.05) is 20.8 Å². The summed E-state index contributed by atoms with van der Waals surface area (Å²) >= 11 is 0. The molecule has 0 aliphatic carbocycles. The fourth-order valence-electron chi connectivity index (χ4n) is 1.56. The van der Waals surface area contributed by atoms with Crippen LogP contribution in [0.25, 0.3) is 0 Å². The fraction of sp³-hybridized carbons (Fsp3) is 0.917. The van der Waals surface area contributed by atoms with Crippen LogP contribution >= 0.6 is 0 Å². The molecule has 4 N–H and O–H groups in total. The largest absolute Gasteiger partial charge is 0.462 e. The topological polar surface area (TPSA) is 84.6 Å². The Balaban J connectivity index is 0.000000325. The first-order valence-corrected chi connectivity index (χ1v) is 6.08. The van der Waals surface area contributed by atoms with Gasteiger partial charge in [-0.2, -0.15) is 0 Å². The summed E-state index contributed by atoms with van der Waals surface area (Å²) in [7, 11) is 0. The first-order chi connectivity index (χ1) is 7.83. The molecule has 17 heavy (non-hydrogen) atoms. The van der Waals surface area contributed by atoms with Crippen LogP contribution in [0.2, 0.25) is 0 Å². The van der Waals surface area contributed by atoms with Crippen molar-refractivity contribution in [1.82, 2.24) is 5.32 Å². The Labute approximate surface area is 104 Å². The summed E-state index contributed by atoms with van der Waals surface area (Å²) in [6, 6.07) is 0. The van der Waals surface area contributed by atoms with E-state index in [-0.39, 0.29) is 5.60 Å². The molecule has 0 saturated carbocycles. The van der Waals surface area contributed by atoms with E-state index in [9.17, 15) is 9.90 Å². The highest BCUT2D eigenvalue weighted by Crippen LogP contribution is 2.20. The summed E-state index contributed by atoms with van der Waals surface area (Å²) in [6.45, 7) is 8.37. The predicted molar refractivity (Wildman–Crippen MR) is 67.6 cm³/mol. The molecule has 1 saturated heterocycles. The van der Waals surface area contributed by atoms with Crippen LogP contribution in [0.1, 0.15) is 40.0 Å². The van der Waals surface area contributed by atoms with Gasteiger partial charge in [-0.25, -0.2) is 0 Å². The molecule has 0 atom stereocenters. The van der Waals surface area contributed by atoms with Crippen molar-refractivity contribution >= 4 is 6.47 Å². The zero-order valence-electron chi connectivity index (χ0n) is 11.2. The molecule has 0 aromatic rings. The zero-order chi connectivity index (χ0) is 13.4. The molecule has 0 bridgehead atoms. The molecule has 0 aromatic carbocycles. The van der Waals surface area contributed by atoms with Crippen molar-refractivity contribution in [2.24, 2.45) is 5.73 Å². The number of carbonyl (C=O) groups excluding carboxylic acids is 1. The SMILES string of the molecule is CC(C)(C)OC=O.NCCC1(O)CCNCC1. The molecule has 102 valence electrons.